The largest absolute Gasteiger partial charge is 0.496 e. The molecule has 0 aromatic heterocycles. The molecule has 0 bridgehead atoms. The van der Waals surface area contributed by atoms with E-state index in [1.165, 1.54) is 0 Å². The van der Waals surface area contributed by atoms with Gasteiger partial charge >= 0.3 is 5.97 Å². The van der Waals surface area contributed by atoms with Crippen molar-refractivity contribution in [2.75, 3.05) is 20.8 Å². The number of rotatable bonds is 4. The van der Waals surface area contributed by atoms with Gasteiger partial charge in [-0.3, -0.25) is 4.79 Å². The van der Waals surface area contributed by atoms with Gasteiger partial charge in [-0.25, -0.2) is 0 Å². The molecule has 0 aliphatic carbocycles. The van der Waals surface area contributed by atoms with Crippen molar-refractivity contribution in [3.8, 4) is 11.5 Å². The highest BCUT2D eigenvalue weighted by Gasteiger charge is 2.33. The Bertz CT molecular complexity index is 424. The number of carboxylic acids is 1. The summed E-state index contributed by atoms with van der Waals surface area (Å²) in [5.41, 5.74) is 0.895. The summed E-state index contributed by atoms with van der Waals surface area (Å²) >= 11 is 0. The monoisotopic (exact) mass is 251 g/mol. The number of benzene rings is 1. The van der Waals surface area contributed by atoms with Gasteiger partial charge in [-0.1, -0.05) is 6.07 Å². The summed E-state index contributed by atoms with van der Waals surface area (Å²) in [6.45, 7) is 0.473. The second-order valence-corrected chi connectivity index (χ2v) is 4.31. The van der Waals surface area contributed by atoms with Crippen molar-refractivity contribution in [2.24, 2.45) is 5.92 Å². The maximum Gasteiger partial charge on any atom is 0.307 e. The molecular formula is C13H17NO4. The molecule has 2 unspecified atom stereocenters. The molecule has 5 nitrogen and oxygen atoms in total. The molecule has 0 saturated carbocycles. The number of hydrogen-bond donors (Lipinski definition) is 2. The summed E-state index contributed by atoms with van der Waals surface area (Å²) < 4.78 is 10.7. The molecule has 0 amide bonds. The van der Waals surface area contributed by atoms with Crippen LogP contribution in [0.2, 0.25) is 0 Å². The van der Waals surface area contributed by atoms with Gasteiger partial charge in [-0.05, 0) is 18.6 Å². The SMILES string of the molecule is COc1cccc(OC)c1C1CC(C(=O)O)CN1. The van der Waals surface area contributed by atoms with Gasteiger partial charge in [0.05, 0.1) is 25.7 Å². The van der Waals surface area contributed by atoms with Crippen LogP contribution in [0.5, 0.6) is 11.5 Å². The zero-order chi connectivity index (χ0) is 13.1. The first kappa shape index (κ1) is 12.7. The Hall–Kier alpha value is -1.75. The molecule has 1 heterocycles. The Kier molecular flexibility index (Phi) is 3.72. The van der Waals surface area contributed by atoms with Crippen LogP contribution < -0.4 is 14.8 Å². The zero-order valence-electron chi connectivity index (χ0n) is 10.5. The zero-order valence-corrected chi connectivity index (χ0v) is 10.5. The summed E-state index contributed by atoms with van der Waals surface area (Å²) in [4.78, 5) is 11.0. The Labute approximate surface area is 106 Å². The molecule has 1 aromatic carbocycles. The van der Waals surface area contributed by atoms with Crippen LogP contribution in [0.25, 0.3) is 0 Å². The van der Waals surface area contributed by atoms with Crippen LogP contribution >= 0.6 is 0 Å². The molecule has 2 atom stereocenters. The highest BCUT2D eigenvalue weighted by Crippen LogP contribution is 2.39. The number of nitrogens with one attached hydrogen (secondary N) is 1. The maximum atomic E-state index is 11.0. The minimum atomic E-state index is -0.765. The van der Waals surface area contributed by atoms with E-state index in [0.29, 0.717) is 13.0 Å². The third-order valence-corrected chi connectivity index (χ3v) is 3.29. The van der Waals surface area contributed by atoms with Crippen molar-refractivity contribution in [1.29, 1.82) is 0 Å². The lowest BCUT2D eigenvalue weighted by Crippen LogP contribution is -2.17. The van der Waals surface area contributed by atoms with Crippen LogP contribution in [0.1, 0.15) is 18.0 Å². The van der Waals surface area contributed by atoms with Crippen molar-refractivity contribution < 1.29 is 19.4 Å². The van der Waals surface area contributed by atoms with Gasteiger partial charge < -0.3 is 19.9 Å². The Balaban J connectivity index is 2.30. The van der Waals surface area contributed by atoms with Crippen LogP contribution in [0, 0.1) is 5.92 Å². The molecular weight excluding hydrogens is 234 g/mol. The van der Waals surface area contributed by atoms with Gasteiger partial charge in [-0.2, -0.15) is 0 Å². The lowest BCUT2D eigenvalue weighted by atomic mass is 9.98. The lowest BCUT2D eigenvalue weighted by molar-refractivity contribution is -0.141. The quantitative estimate of drug-likeness (QED) is 0.847. The van der Waals surface area contributed by atoms with Crippen molar-refractivity contribution >= 4 is 5.97 Å². The second kappa shape index (κ2) is 5.27. The van der Waals surface area contributed by atoms with Gasteiger partial charge in [0.2, 0.25) is 0 Å². The van der Waals surface area contributed by atoms with Crippen molar-refractivity contribution in [3.05, 3.63) is 23.8 Å². The van der Waals surface area contributed by atoms with Crippen LogP contribution in [0.15, 0.2) is 18.2 Å². The van der Waals surface area contributed by atoms with Gasteiger partial charge in [-0.15, -0.1) is 0 Å². The first-order chi connectivity index (χ1) is 8.67. The van der Waals surface area contributed by atoms with Gasteiger partial charge in [0.25, 0.3) is 0 Å². The lowest BCUT2D eigenvalue weighted by Gasteiger charge is -2.18. The average Bonchev–Trinajstić information content (AvgIpc) is 2.87. The van der Waals surface area contributed by atoms with E-state index in [0.717, 1.165) is 17.1 Å². The first-order valence-electron chi connectivity index (χ1n) is 5.84. The molecule has 0 spiro atoms. The van der Waals surface area contributed by atoms with E-state index < -0.39 is 5.97 Å². The predicted molar refractivity (Wildman–Crippen MR) is 66.0 cm³/mol. The van der Waals surface area contributed by atoms with Gasteiger partial charge in [0.1, 0.15) is 11.5 Å². The van der Waals surface area contributed by atoms with E-state index in [9.17, 15) is 4.79 Å². The number of carboxylic acid groups (broad SMARTS) is 1. The van der Waals surface area contributed by atoms with Crippen LogP contribution in [0.4, 0.5) is 0 Å². The molecule has 1 aromatic rings. The number of carbonyl (C=O) groups is 1. The smallest absolute Gasteiger partial charge is 0.307 e. The summed E-state index contributed by atoms with van der Waals surface area (Å²) in [6.07, 6.45) is 0.548. The maximum absolute atomic E-state index is 11.0. The van der Waals surface area contributed by atoms with Crippen molar-refractivity contribution in [2.45, 2.75) is 12.5 Å². The number of aliphatic carboxylic acids is 1. The Morgan fingerprint density at radius 1 is 1.33 bits per heavy atom. The van der Waals surface area contributed by atoms with Crippen molar-refractivity contribution in [3.63, 3.8) is 0 Å². The highest BCUT2D eigenvalue weighted by atomic mass is 16.5. The van der Waals surface area contributed by atoms with Crippen LogP contribution in [-0.2, 0) is 4.79 Å². The van der Waals surface area contributed by atoms with Crippen molar-refractivity contribution in [1.82, 2.24) is 5.32 Å². The third-order valence-electron chi connectivity index (χ3n) is 3.29. The first-order valence-corrected chi connectivity index (χ1v) is 5.84. The van der Waals surface area contributed by atoms with Crippen LogP contribution in [-0.4, -0.2) is 31.8 Å². The highest BCUT2D eigenvalue weighted by molar-refractivity contribution is 5.71. The minimum Gasteiger partial charge on any atom is -0.496 e. The van der Waals surface area contributed by atoms with E-state index in [1.807, 2.05) is 18.2 Å². The Morgan fingerprint density at radius 2 is 1.94 bits per heavy atom. The topological polar surface area (TPSA) is 67.8 Å². The predicted octanol–water partition coefficient (Wildman–Crippen LogP) is 1.44. The average molecular weight is 251 g/mol. The van der Waals surface area contributed by atoms with E-state index in [2.05, 4.69) is 5.32 Å². The number of ether oxygens (including phenoxy) is 2. The molecule has 1 aliphatic heterocycles. The Morgan fingerprint density at radius 3 is 2.39 bits per heavy atom. The normalized spacial score (nSPS) is 22.8. The molecule has 5 heteroatoms. The molecule has 1 fully saturated rings. The fourth-order valence-corrected chi connectivity index (χ4v) is 2.37. The number of hydrogen-bond acceptors (Lipinski definition) is 4. The van der Waals surface area contributed by atoms with E-state index in [4.69, 9.17) is 14.6 Å². The number of methoxy groups -OCH3 is 2. The molecule has 1 saturated heterocycles. The summed E-state index contributed by atoms with van der Waals surface area (Å²) in [6, 6.07) is 5.52. The van der Waals surface area contributed by atoms with E-state index >= 15 is 0 Å². The fraction of sp³-hybridized carbons (Fsp3) is 0.462. The molecule has 18 heavy (non-hydrogen) atoms. The molecule has 2 N–H and O–H groups in total. The molecule has 2 rings (SSSR count). The van der Waals surface area contributed by atoms with Crippen LogP contribution in [0.3, 0.4) is 0 Å². The summed E-state index contributed by atoms with van der Waals surface area (Å²) in [7, 11) is 3.20. The second-order valence-electron chi connectivity index (χ2n) is 4.31. The molecule has 1 aliphatic rings. The fourth-order valence-electron chi connectivity index (χ4n) is 2.37. The molecule has 98 valence electrons. The van der Waals surface area contributed by atoms with Gasteiger partial charge in [0.15, 0.2) is 0 Å². The van der Waals surface area contributed by atoms with E-state index in [1.54, 1.807) is 14.2 Å². The summed E-state index contributed by atoms with van der Waals surface area (Å²) in [5.74, 6) is 0.319. The van der Waals surface area contributed by atoms with E-state index in [-0.39, 0.29) is 12.0 Å². The minimum absolute atomic E-state index is 0.0443. The summed E-state index contributed by atoms with van der Waals surface area (Å²) in [5, 5.41) is 12.2. The third kappa shape index (κ3) is 2.26. The molecule has 0 radical (unpaired) electrons. The van der Waals surface area contributed by atoms with Gasteiger partial charge in [0, 0.05) is 12.6 Å². The standard InChI is InChI=1S/C13H17NO4/c1-17-10-4-3-5-11(18-2)12(10)9-6-8(7-14-9)13(15)16/h3-5,8-9,14H,6-7H2,1-2H3,(H,15,16).